The molecule has 106 valence electrons. The largest absolute Gasteiger partial charge is 0.465 e. The van der Waals surface area contributed by atoms with Gasteiger partial charge in [0.05, 0.1) is 12.3 Å². The fraction of sp³-hybridized carbons (Fsp3) is 0.308. The molecule has 0 bridgehead atoms. The first-order chi connectivity index (χ1) is 9.61. The van der Waals surface area contributed by atoms with Gasteiger partial charge in [-0.3, -0.25) is 9.67 Å². The van der Waals surface area contributed by atoms with Crippen LogP contribution in [0.2, 0.25) is 0 Å². The molecule has 0 aliphatic carbocycles. The summed E-state index contributed by atoms with van der Waals surface area (Å²) in [5.41, 5.74) is 0.635. The first-order valence-corrected chi connectivity index (χ1v) is 6.05. The van der Waals surface area contributed by atoms with Crippen LogP contribution in [0.3, 0.4) is 0 Å². The van der Waals surface area contributed by atoms with Crippen LogP contribution in [-0.4, -0.2) is 33.9 Å². The smallest absolute Gasteiger partial charge is 0.344 e. The van der Waals surface area contributed by atoms with Gasteiger partial charge < -0.3 is 9.47 Å². The number of pyridine rings is 1. The van der Waals surface area contributed by atoms with Crippen LogP contribution in [0.15, 0.2) is 24.4 Å². The van der Waals surface area contributed by atoms with Crippen molar-refractivity contribution in [3.8, 4) is 17.3 Å². The van der Waals surface area contributed by atoms with Crippen LogP contribution >= 0.6 is 0 Å². The highest BCUT2D eigenvalue weighted by atomic mass is 19.1. The Morgan fingerprint density at radius 2 is 2.30 bits per heavy atom. The minimum absolute atomic E-state index is 0.175. The third-order valence-corrected chi connectivity index (χ3v) is 2.50. The minimum Gasteiger partial charge on any atom is -0.465 e. The van der Waals surface area contributed by atoms with Crippen LogP contribution in [0.1, 0.15) is 6.92 Å². The van der Waals surface area contributed by atoms with Gasteiger partial charge >= 0.3 is 5.97 Å². The van der Waals surface area contributed by atoms with Crippen LogP contribution in [0.4, 0.5) is 4.39 Å². The number of hydrogen-bond donors (Lipinski definition) is 0. The topological polar surface area (TPSA) is 66.2 Å². The molecule has 0 saturated carbocycles. The minimum atomic E-state index is -0.483. The summed E-state index contributed by atoms with van der Waals surface area (Å²) in [5.74, 6) is -0.725. The summed E-state index contributed by atoms with van der Waals surface area (Å²) < 4.78 is 25.0. The second-order valence-electron chi connectivity index (χ2n) is 3.92. The zero-order valence-electron chi connectivity index (χ0n) is 11.2. The Labute approximate surface area is 115 Å². The van der Waals surface area contributed by atoms with Crippen molar-refractivity contribution in [3.05, 3.63) is 30.2 Å². The molecule has 0 radical (unpaired) electrons. The fourth-order valence-electron chi connectivity index (χ4n) is 1.64. The van der Waals surface area contributed by atoms with Crippen molar-refractivity contribution in [1.29, 1.82) is 0 Å². The molecule has 0 atom stereocenters. The van der Waals surface area contributed by atoms with Gasteiger partial charge in [-0.25, -0.2) is 9.18 Å². The Morgan fingerprint density at radius 1 is 1.50 bits per heavy atom. The standard InChI is InChI=1S/C13H14FN3O3/c1-3-19-12(18)8-20-11-7-10(17(2)16-11)13-9(14)5-4-6-15-13/h4-7H,3,8H2,1-2H3. The number of hydrogen-bond acceptors (Lipinski definition) is 5. The lowest BCUT2D eigenvalue weighted by Gasteiger charge is -2.01. The van der Waals surface area contributed by atoms with Crippen LogP contribution in [-0.2, 0) is 16.6 Å². The van der Waals surface area contributed by atoms with E-state index in [0.29, 0.717) is 5.69 Å². The van der Waals surface area contributed by atoms with Gasteiger partial charge in [-0.2, -0.15) is 0 Å². The molecule has 0 aromatic carbocycles. The maximum absolute atomic E-state index is 13.7. The molecule has 0 saturated heterocycles. The second-order valence-corrected chi connectivity index (χ2v) is 3.92. The monoisotopic (exact) mass is 279 g/mol. The van der Waals surface area contributed by atoms with Gasteiger partial charge in [-0.1, -0.05) is 0 Å². The van der Waals surface area contributed by atoms with Gasteiger partial charge in [0.2, 0.25) is 5.88 Å². The molecule has 0 N–H and O–H groups in total. The maximum Gasteiger partial charge on any atom is 0.344 e. The molecule has 2 aromatic rings. The highest BCUT2D eigenvalue weighted by molar-refractivity contribution is 5.71. The molecule has 0 amide bonds. The molecule has 0 spiro atoms. The SMILES string of the molecule is CCOC(=O)COc1cc(-c2ncccc2F)n(C)n1. The molecule has 0 fully saturated rings. The van der Waals surface area contributed by atoms with E-state index in [4.69, 9.17) is 9.47 Å². The van der Waals surface area contributed by atoms with Crippen molar-refractivity contribution < 1.29 is 18.7 Å². The number of aromatic nitrogens is 3. The van der Waals surface area contributed by atoms with Gasteiger partial charge in [-0.05, 0) is 19.1 Å². The molecular formula is C13H14FN3O3. The van der Waals surface area contributed by atoms with Gasteiger partial charge in [0.25, 0.3) is 0 Å². The Morgan fingerprint density at radius 3 is 3.00 bits per heavy atom. The van der Waals surface area contributed by atoms with Crippen LogP contribution < -0.4 is 4.74 Å². The molecular weight excluding hydrogens is 265 g/mol. The van der Waals surface area contributed by atoms with E-state index in [-0.39, 0.29) is 24.8 Å². The molecule has 0 aliphatic rings. The maximum atomic E-state index is 13.7. The fourth-order valence-corrected chi connectivity index (χ4v) is 1.64. The quantitative estimate of drug-likeness (QED) is 0.777. The Bertz CT molecular complexity index is 613. The lowest BCUT2D eigenvalue weighted by molar-refractivity contribution is -0.145. The van der Waals surface area contributed by atoms with Crippen molar-refractivity contribution >= 4 is 5.97 Å². The normalized spacial score (nSPS) is 10.3. The summed E-state index contributed by atoms with van der Waals surface area (Å²) in [7, 11) is 1.64. The van der Waals surface area contributed by atoms with Crippen molar-refractivity contribution in [3.63, 3.8) is 0 Å². The van der Waals surface area contributed by atoms with E-state index in [2.05, 4.69) is 10.1 Å². The summed E-state index contributed by atoms with van der Waals surface area (Å²) in [4.78, 5) is 15.1. The lowest BCUT2D eigenvalue weighted by atomic mass is 10.2. The zero-order valence-corrected chi connectivity index (χ0v) is 11.2. The summed E-state index contributed by atoms with van der Waals surface area (Å²) >= 11 is 0. The second kappa shape index (κ2) is 6.14. The number of nitrogens with zero attached hydrogens (tertiary/aromatic N) is 3. The highest BCUT2D eigenvalue weighted by Crippen LogP contribution is 2.23. The number of rotatable bonds is 5. The van der Waals surface area contributed by atoms with E-state index < -0.39 is 11.8 Å². The average molecular weight is 279 g/mol. The zero-order chi connectivity index (χ0) is 14.5. The van der Waals surface area contributed by atoms with Gasteiger partial charge in [0.1, 0.15) is 5.69 Å². The molecule has 0 aliphatic heterocycles. The number of halogens is 1. The summed E-state index contributed by atoms with van der Waals surface area (Å²) in [5, 5.41) is 4.04. The van der Waals surface area contributed by atoms with Crippen molar-refractivity contribution in [1.82, 2.24) is 14.8 Å². The molecule has 0 unspecified atom stereocenters. The molecule has 6 nitrogen and oxygen atoms in total. The van der Waals surface area contributed by atoms with Crippen LogP contribution in [0.5, 0.6) is 5.88 Å². The predicted molar refractivity (Wildman–Crippen MR) is 68.5 cm³/mol. The molecule has 7 heteroatoms. The average Bonchev–Trinajstić information content (AvgIpc) is 2.79. The number of aryl methyl sites for hydroxylation is 1. The van der Waals surface area contributed by atoms with Gasteiger partial charge in [0, 0.05) is 19.3 Å². The number of ether oxygens (including phenoxy) is 2. The summed E-state index contributed by atoms with van der Waals surface area (Å²) in [6, 6.07) is 4.34. The summed E-state index contributed by atoms with van der Waals surface area (Å²) in [6.07, 6.45) is 1.49. The molecule has 2 heterocycles. The van der Waals surface area contributed by atoms with Gasteiger partial charge in [-0.15, -0.1) is 5.10 Å². The Balaban J connectivity index is 2.14. The van der Waals surface area contributed by atoms with Gasteiger partial charge in [0.15, 0.2) is 12.4 Å². The number of carbonyl (C=O) groups excluding carboxylic acids is 1. The highest BCUT2D eigenvalue weighted by Gasteiger charge is 2.14. The Kier molecular flexibility index (Phi) is 4.29. The molecule has 2 aromatic heterocycles. The van der Waals surface area contributed by atoms with E-state index in [1.165, 1.54) is 29.1 Å². The number of esters is 1. The van der Waals surface area contributed by atoms with E-state index in [1.807, 2.05) is 0 Å². The van der Waals surface area contributed by atoms with Crippen LogP contribution in [0.25, 0.3) is 11.4 Å². The molecule has 2 rings (SSSR count). The van der Waals surface area contributed by atoms with Crippen molar-refractivity contribution in [2.24, 2.45) is 7.05 Å². The Hall–Kier alpha value is -2.44. The van der Waals surface area contributed by atoms with E-state index in [0.717, 1.165) is 0 Å². The summed E-state index contributed by atoms with van der Waals surface area (Å²) in [6.45, 7) is 1.75. The predicted octanol–water partition coefficient (Wildman–Crippen LogP) is 1.56. The van der Waals surface area contributed by atoms with Crippen molar-refractivity contribution in [2.45, 2.75) is 6.92 Å². The molecule has 20 heavy (non-hydrogen) atoms. The van der Waals surface area contributed by atoms with E-state index in [1.54, 1.807) is 14.0 Å². The number of carbonyl (C=O) groups is 1. The third kappa shape index (κ3) is 3.11. The lowest BCUT2D eigenvalue weighted by Crippen LogP contribution is -2.14. The van der Waals surface area contributed by atoms with E-state index >= 15 is 0 Å². The van der Waals surface area contributed by atoms with Crippen LogP contribution in [0, 0.1) is 5.82 Å². The first-order valence-electron chi connectivity index (χ1n) is 6.05. The van der Waals surface area contributed by atoms with Crippen molar-refractivity contribution in [2.75, 3.05) is 13.2 Å². The third-order valence-electron chi connectivity index (χ3n) is 2.50. The van der Waals surface area contributed by atoms with E-state index in [9.17, 15) is 9.18 Å². The first kappa shape index (κ1) is 14.0.